The molecule has 5 rings (SSSR count). The fraction of sp³-hybridized carbons (Fsp3) is 0.241. The Morgan fingerprint density at radius 2 is 1.76 bits per heavy atom. The van der Waals surface area contributed by atoms with Gasteiger partial charge in [-0.2, -0.15) is 0 Å². The van der Waals surface area contributed by atoms with Crippen LogP contribution in [0.2, 0.25) is 0 Å². The number of amides is 2. The van der Waals surface area contributed by atoms with Gasteiger partial charge in [0.25, 0.3) is 0 Å². The highest BCUT2D eigenvalue weighted by Crippen LogP contribution is 2.40. The number of nitrogens with one attached hydrogen (secondary N) is 2. The summed E-state index contributed by atoms with van der Waals surface area (Å²) in [5.74, 6) is -0.261. The Morgan fingerprint density at radius 1 is 1.03 bits per heavy atom. The summed E-state index contributed by atoms with van der Waals surface area (Å²) in [5.41, 5.74) is 15.6. The van der Waals surface area contributed by atoms with Crippen molar-refractivity contribution in [2.75, 3.05) is 30.4 Å². The van der Waals surface area contributed by atoms with Gasteiger partial charge in [0.05, 0.1) is 18.3 Å². The predicted octanol–water partition coefficient (Wildman–Crippen LogP) is 5.63. The van der Waals surface area contributed by atoms with E-state index in [1.807, 2.05) is 55.6 Å². The number of aryl methyl sites for hydroxylation is 1. The van der Waals surface area contributed by atoms with Gasteiger partial charge in [0, 0.05) is 42.0 Å². The molecule has 0 atom stereocenters. The zero-order valence-corrected chi connectivity index (χ0v) is 20.9. The fourth-order valence-electron chi connectivity index (χ4n) is 4.92. The number of piperidine rings is 1. The molecule has 1 saturated heterocycles. The Bertz CT molecular complexity index is 1410. The number of anilines is 2. The fourth-order valence-corrected chi connectivity index (χ4v) is 4.92. The van der Waals surface area contributed by atoms with Crippen LogP contribution in [0.4, 0.5) is 20.6 Å². The first-order valence-electron chi connectivity index (χ1n) is 12.3. The number of hydroxylamine groups is 1. The predicted molar refractivity (Wildman–Crippen MR) is 146 cm³/mol. The Hall–Kier alpha value is -4.01. The summed E-state index contributed by atoms with van der Waals surface area (Å²) in [5, 5.41) is 3.72. The van der Waals surface area contributed by atoms with Crippen LogP contribution in [0.1, 0.15) is 18.4 Å². The van der Waals surface area contributed by atoms with Crippen molar-refractivity contribution in [3.63, 3.8) is 0 Å². The van der Waals surface area contributed by atoms with Gasteiger partial charge in [0.15, 0.2) is 0 Å². The molecule has 8 heteroatoms. The second-order valence-corrected chi connectivity index (χ2v) is 9.43. The number of carbonyl (C=O) groups excluding carboxylic acids is 1. The Morgan fingerprint density at radius 3 is 2.46 bits per heavy atom. The van der Waals surface area contributed by atoms with Crippen LogP contribution >= 0.6 is 0 Å². The standard InChI is InChI=1S/C29H30FN5O2/c1-18-13-21(15-22(30)14-18)26-17-32-27-8-5-20(16-25(27)28(26)35-11-9-23(31)10-12-35)19-3-6-24(7-4-19)33-29(36)34-37-2/h3-8,13-17,23H,9-12,31H2,1-2H3,(H2,33,34,36). The second kappa shape index (κ2) is 10.5. The third-order valence-electron chi connectivity index (χ3n) is 6.72. The third kappa shape index (κ3) is 5.40. The molecule has 4 aromatic rings. The van der Waals surface area contributed by atoms with Gasteiger partial charge in [0.1, 0.15) is 5.82 Å². The lowest BCUT2D eigenvalue weighted by atomic mass is 9.95. The van der Waals surface area contributed by atoms with Crippen LogP contribution < -0.4 is 21.4 Å². The molecule has 0 saturated carbocycles. The molecule has 4 N–H and O–H groups in total. The highest BCUT2D eigenvalue weighted by Gasteiger charge is 2.22. The summed E-state index contributed by atoms with van der Waals surface area (Å²) in [6.45, 7) is 3.56. The second-order valence-electron chi connectivity index (χ2n) is 9.43. The van der Waals surface area contributed by atoms with E-state index in [1.165, 1.54) is 13.2 Å². The quantitative estimate of drug-likeness (QED) is 0.310. The number of hydrogen-bond acceptors (Lipinski definition) is 5. The molecule has 0 bridgehead atoms. The molecule has 1 aliphatic heterocycles. The number of halogens is 1. The SMILES string of the molecule is CONC(=O)Nc1ccc(-c2ccc3ncc(-c4cc(C)cc(F)c4)c(N4CCC(N)CC4)c3c2)cc1. The number of hydrogen-bond donors (Lipinski definition) is 3. The Kier molecular flexibility index (Phi) is 7.03. The van der Waals surface area contributed by atoms with Gasteiger partial charge in [-0.05, 0) is 78.4 Å². The monoisotopic (exact) mass is 499 g/mol. The number of fused-ring (bicyclic) bond motifs is 1. The van der Waals surface area contributed by atoms with Crippen molar-refractivity contribution in [1.82, 2.24) is 10.5 Å². The molecule has 0 aliphatic carbocycles. The summed E-state index contributed by atoms with van der Waals surface area (Å²) < 4.78 is 14.4. The molecular weight excluding hydrogens is 469 g/mol. The van der Waals surface area contributed by atoms with Gasteiger partial charge in [-0.15, -0.1) is 0 Å². The number of pyridine rings is 1. The molecule has 7 nitrogen and oxygen atoms in total. The topological polar surface area (TPSA) is 92.5 Å². The van der Waals surface area contributed by atoms with Crippen LogP contribution in [-0.4, -0.2) is 37.3 Å². The average molecular weight is 500 g/mol. The molecule has 3 aromatic carbocycles. The Balaban J connectivity index is 1.60. The van der Waals surface area contributed by atoms with E-state index in [-0.39, 0.29) is 11.9 Å². The maximum absolute atomic E-state index is 14.4. The molecular formula is C29H30FN5O2. The number of carbonyl (C=O) groups is 1. The number of urea groups is 1. The molecule has 2 amide bonds. The number of rotatable bonds is 5. The Labute approximate surface area is 215 Å². The molecule has 1 aliphatic rings. The van der Waals surface area contributed by atoms with Crippen molar-refractivity contribution < 1.29 is 14.0 Å². The van der Waals surface area contributed by atoms with Crippen LogP contribution in [-0.2, 0) is 4.84 Å². The largest absolute Gasteiger partial charge is 0.370 e. The lowest BCUT2D eigenvalue weighted by molar-refractivity contribution is 0.114. The van der Waals surface area contributed by atoms with Crippen molar-refractivity contribution in [3.05, 3.63) is 78.2 Å². The number of aromatic nitrogens is 1. The van der Waals surface area contributed by atoms with Gasteiger partial charge in [-0.1, -0.05) is 24.3 Å². The highest BCUT2D eigenvalue weighted by molar-refractivity contribution is 6.02. The van der Waals surface area contributed by atoms with Crippen molar-refractivity contribution >= 4 is 28.3 Å². The summed E-state index contributed by atoms with van der Waals surface area (Å²) in [6.07, 6.45) is 3.65. The zero-order chi connectivity index (χ0) is 25.9. The van der Waals surface area contributed by atoms with Gasteiger partial charge < -0.3 is 16.0 Å². The van der Waals surface area contributed by atoms with Crippen LogP contribution in [0.5, 0.6) is 0 Å². The number of nitrogens with zero attached hydrogens (tertiary/aromatic N) is 2. The molecule has 0 radical (unpaired) electrons. The third-order valence-corrected chi connectivity index (χ3v) is 6.72. The van der Waals surface area contributed by atoms with E-state index in [2.05, 4.69) is 26.6 Å². The summed E-state index contributed by atoms with van der Waals surface area (Å²) in [7, 11) is 1.38. The van der Waals surface area contributed by atoms with Gasteiger partial charge >= 0.3 is 6.03 Å². The van der Waals surface area contributed by atoms with Gasteiger partial charge in [-0.25, -0.2) is 14.7 Å². The average Bonchev–Trinajstić information content (AvgIpc) is 2.88. The van der Waals surface area contributed by atoms with E-state index in [0.29, 0.717) is 5.69 Å². The van der Waals surface area contributed by atoms with Crippen molar-refractivity contribution in [2.24, 2.45) is 5.73 Å². The first-order chi connectivity index (χ1) is 17.9. The molecule has 1 fully saturated rings. The maximum atomic E-state index is 14.4. The molecule has 190 valence electrons. The minimum absolute atomic E-state index is 0.192. The van der Waals surface area contributed by atoms with E-state index in [4.69, 9.17) is 10.7 Å². The lowest BCUT2D eigenvalue weighted by Gasteiger charge is -2.34. The van der Waals surface area contributed by atoms with E-state index < -0.39 is 6.03 Å². The minimum atomic E-state index is -0.446. The summed E-state index contributed by atoms with van der Waals surface area (Å²) in [4.78, 5) is 23.5. The van der Waals surface area contributed by atoms with Crippen molar-refractivity contribution in [1.29, 1.82) is 0 Å². The normalized spacial score (nSPS) is 14.1. The van der Waals surface area contributed by atoms with Crippen LogP contribution in [0.3, 0.4) is 0 Å². The first-order valence-corrected chi connectivity index (χ1v) is 12.3. The van der Waals surface area contributed by atoms with Crippen molar-refractivity contribution in [3.8, 4) is 22.3 Å². The summed E-state index contributed by atoms with van der Waals surface area (Å²) in [6, 6.07) is 18.6. The van der Waals surface area contributed by atoms with E-state index in [0.717, 1.165) is 70.3 Å². The molecule has 37 heavy (non-hydrogen) atoms. The maximum Gasteiger partial charge on any atom is 0.343 e. The van der Waals surface area contributed by atoms with Gasteiger partial charge in [0.2, 0.25) is 0 Å². The van der Waals surface area contributed by atoms with Crippen molar-refractivity contribution in [2.45, 2.75) is 25.8 Å². The minimum Gasteiger partial charge on any atom is -0.370 e. The molecule has 2 heterocycles. The lowest BCUT2D eigenvalue weighted by Crippen LogP contribution is -2.40. The first kappa shape index (κ1) is 24.7. The smallest absolute Gasteiger partial charge is 0.343 e. The zero-order valence-electron chi connectivity index (χ0n) is 20.9. The summed E-state index contributed by atoms with van der Waals surface area (Å²) >= 11 is 0. The van der Waals surface area contributed by atoms with E-state index >= 15 is 0 Å². The van der Waals surface area contributed by atoms with Crippen LogP contribution in [0.25, 0.3) is 33.2 Å². The number of benzene rings is 3. The molecule has 0 unspecified atom stereocenters. The van der Waals surface area contributed by atoms with Gasteiger partial charge in [-0.3, -0.25) is 9.82 Å². The van der Waals surface area contributed by atoms with E-state index in [1.54, 1.807) is 6.07 Å². The van der Waals surface area contributed by atoms with E-state index in [9.17, 15) is 9.18 Å². The van der Waals surface area contributed by atoms with Crippen LogP contribution in [0.15, 0.2) is 66.9 Å². The highest BCUT2D eigenvalue weighted by atomic mass is 19.1. The molecule has 1 aromatic heterocycles. The molecule has 0 spiro atoms. The van der Waals surface area contributed by atoms with Crippen LogP contribution in [0, 0.1) is 12.7 Å². The number of nitrogens with two attached hydrogens (primary N) is 1.